The summed E-state index contributed by atoms with van der Waals surface area (Å²) in [5, 5.41) is 0. The highest BCUT2D eigenvalue weighted by Gasteiger charge is 2.60. The molecule has 1 rings (SSSR count). The molecule has 0 bridgehead atoms. The predicted octanol–water partition coefficient (Wildman–Crippen LogP) is 0.463. The van der Waals surface area contributed by atoms with Crippen LogP contribution in [0.4, 0.5) is 0 Å². The highest BCUT2D eigenvalue weighted by molar-refractivity contribution is 6.87. The van der Waals surface area contributed by atoms with E-state index in [-0.39, 0.29) is 0 Å². The van der Waals surface area contributed by atoms with E-state index >= 15 is 0 Å². The first kappa shape index (κ1) is 8.37. The Hall–Kier alpha value is 0.274. The lowest BCUT2D eigenvalue weighted by Gasteiger charge is -2.45. The van der Waals surface area contributed by atoms with Gasteiger partial charge in [-0.25, -0.2) is 0 Å². The minimum absolute atomic E-state index is 1.59. The quantitative estimate of drug-likeness (QED) is 0.579. The van der Waals surface area contributed by atoms with E-state index in [0.29, 0.717) is 0 Å². The maximum absolute atomic E-state index is 5.42. The van der Waals surface area contributed by atoms with Crippen LogP contribution in [0.2, 0.25) is 13.1 Å². The van der Waals surface area contributed by atoms with Gasteiger partial charge in [-0.05, 0) is 0 Å². The van der Waals surface area contributed by atoms with E-state index in [0.717, 1.165) is 0 Å². The molecule has 0 aromatic carbocycles. The monoisotopic (exact) mass is 180 g/mol. The third kappa shape index (κ3) is 1.31. The maximum Gasteiger partial charge on any atom is 0.482 e. The summed E-state index contributed by atoms with van der Waals surface area (Å²) in [6.07, 6.45) is 0. The van der Waals surface area contributed by atoms with E-state index in [4.69, 9.17) is 17.1 Å². The Morgan fingerprint density at radius 1 is 0.900 bits per heavy atom. The van der Waals surface area contributed by atoms with E-state index in [1.807, 2.05) is 13.1 Å². The second-order valence-corrected chi connectivity index (χ2v) is 8.24. The highest BCUT2D eigenvalue weighted by atomic mass is 28.5. The molecule has 0 aromatic heterocycles. The zero-order valence-electron chi connectivity index (χ0n) is 6.63. The molecule has 0 radical (unpaired) electrons. The molecule has 0 aromatic rings. The van der Waals surface area contributed by atoms with Crippen LogP contribution in [0, 0.1) is 0 Å². The Morgan fingerprint density at radius 2 is 1.20 bits per heavy atom. The van der Waals surface area contributed by atoms with Gasteiger partial charge in [-0.2, -0.15) is 0 Å². The summed E-state index contributed by atoms with van der Waals surface area (Å²) in [6, 6.07) is 0. The normalized spacial score (nSPS) is 46.8. The smallest absolute Gasteiger partial charge is 0.378 e. The molecule has 0 spiro atoms. The van der Waals surface area contributed by atoms with Crippen molar-refractivity contribution in [3.8, 4) is 0 Å². The SMILES string of the molecule is CO[Si]1(C)O[Si](C)(OC)O1. The molecule has 1 heterocycles. The van der Waals surface area contributed by atoms with Crippen molar-refractivity contribution in [2.24, 2.45) is 0 Å². The van der Waals surface area contributed by atoms with Gasteiger partial charge in [-0.1, -0.05) is 0 Å². The van der Waals surface area contributed by atoms with Crippen LogP contribution in [0.15, 0.2) is 0 Å². The molecule has 1 aliphatic heterocycles. The molecule has 0 saturated carbocycles. The van der Waals surface area contributed by atoms with Gasteiger partial charge in [0.2, 0.25) is 0 Å². The van der Waals surface area contributed by atoms with Crippen molar-refractivity contribution in [3.63, 3.8) is 0 Å². The minimum Gasteiger partial charge on any atom is -0.378 e. The Labute approximate surface area is 62.8 Å². The molecule has 60 valence electrons. The average Bonchev–Trinajstić information content (AvgIpc) is 1.85. The number of hydrogen-bond donors (Lipinski definition) is 0. The number of hydrogen-bond acceptors (Lipinski definition) is 4. The molecule has 0 atom stereocenters. The van der Waals surface area contributed by atoms with Gasteiger partial charge in [0.1, 0.15) is 0 Å². The van der Waals surface area contributed by atoms with Crippen molar-refractivity contribution < 1.29 is 17.1 Å². The van der Waals surface area contributed by atoms with Crippen LogP contribution in [0.5, 0.6) is 0 Å². The summed E-state index contributed by atoms with van der Waals surface area (Å²) in [4.78, 5) is 0. The van der Waals surface area contributed by atoms with Gasteiger partial charge < -0.3 is 17.1 Å². The van der Waals surface area contributed by atoms with Crippen molar-refractivity contribution >= 4 is 17.6 Å². The molecule has 1 saturated heterocycles. The summed E-state index contributed by atoms with van der Waals surface area (Å²) in [5.74, 6) is 0. The third-order valence-corrected chi connectivity index (χ3v) is 8.90. The van der Waals surface area contributed by atoms with Crippen LogP contribution in [0.25, 0.3) is 0 Å². The molecular weight excluding hydrogens is 168 g/mol. The maximum atomic E-state index is 5.42. The Bertz CT molecular complexity index is 119. The zero-order valence-corrected chi connectivity index (χ0v) is 8.63. The Balaban J connectivity index is 2.42. The zero-order chi connectivity index (χ0) is 7.83. The van der Waals surface area contributed by atoms with E-state index in [1.165, 1.54) is 0 Å². The lowest BCUT2D eigenvalue weighted by atomic mass is 11.8. The van der Waals surface area contributed by atoms with Crippen molar-refractivity contribution in [3.05, 3.63) is 0 Å². The van der Waals surface area contributed by atoms with E-state index in [1.54, 1.807) is 14.2 Å². The van der Waals surface area contributed by atoms with Gasteiger partial charge in [0.15, 0.2) is 0 Å². The van der Waals surface area contributed by atoms with Gasteiger partial charge in [-0.15, -0.1) is 0 Å². The lowest BCUT2D eigenvalue weighted by molar-refractivity contribution is 0.0464. The summed E-state index contributed by atoms with van der Waals surface area (Å²) in [7, 11) is -1.19. The van der Waals surface area contributed by atoms with E-state index in [2.05, 4.69) is 0 Å². The predicted molar refractivity (Wildman–Crippen MR) is 39.4 cm³/mol. The molecule has 0 unspecified atom stereocenters. The topological polar surface area (TPSA) is 36.9 Å². The molecule has 10 heavy (non-hydrogen) atoms. The van der Waals surface area contributed by atoms with Crippen molar-refractivity contribution in [1.82, 2.24) is 0 Å². The molecule has 4 nitrogen and oxygen atoms in total. The molecular formula is C4H12O4Si2. The van der Waals surface area contributed by atoms with Crippen LogP contribution in [0.3, 0.4) is 0 Å². The first-order valence-corrected chi connectivity index (χ1v) is 7.49. The molecule has 0 N–H and O–H groups in total. The first-order valence-electron chi connectivity index (χ1n) is 3.04. The lowest BCUT2D eigenvalue weighted by Crippen LogP contribution is -2.69. The Morgan fingerprint density at radius 3 is 1.40 bits per heavy atom. The van der Waals surface area contributed by atoms with E-state index < -0.39 is 17.6 Å². The molecule has 0 amide bonds. The summed E-state index contributed by atoms with van der Waals surface area (Å²) in [5.41, 5.74) is 0. The third-order valence-electron chi connectivity index (χ3n) is 1.48. The van der Waals surface area contributed by atoms with Gasteiger partial charge in [0, 0.05) is 27.3 Å². The average molecular weight is 180 g/mol. The van der Waals surface area contributed by atoms with Crippen LogP contribution < -0.4 is 0 Å². The second-order valence-electron chi connectivity index (χ2n) is 2.34. The van der Waals surface area contributed by atoms with Crippen LogP contribution in [-0.4, -0.2) is 31.8 Å². The molecule has 1 aliphatic rings. The van der Waals surface area contributed by atoms with Gasteiger partial charge >= 0.3 is 17.6 Å². The van der Waals surface area contributed by atoms with Gasteiger partial charge in [-0.3, -0.25) is 0 Å². The Kier molecular flexibility index (Phi) is 2.01. The summed E-state index contributed by atoms with van der Waals surface area (Å²) >= 11 is 0. The minimum atomic E-state index is -2.19. The fourth-order valence-electron chi connectivity index (χ4n) is 0.848. The molecule has 6 heteroatoms. The summed E-state index contributed by atoms with van der Waals surface area (Å²) < 4.78 is 20.9. The van der Waals surface area contributed by atoms with Crippen LogP contribution >= 0.6 is 0 Å². The van der Waals surface area contributed by atoms with Crippen molar-refractivity contribution in [2.75, 3.05) is 14.2 Å². The highest BCUT2D eigenvalue weighted by Crippen LogP contribution is 2.30. The second kappa shape index (κ2) is 2.40. The van der Waals surface area contributed by atoms with Crippen molar-refractivity contribution in [2.45, 2.75) is 13.1 Å². The fraction of sp³-hybridized carbons (Fsp3) is 1.00. The summed E-state index contributed by atoms with van der Waals surface area (Å²) in [6.45, 7) is 3.70. The largest absolute Gasteiger partial charge is 0.482 e. The molecule has 1 fully saturated rings. The fourth-order valence-corrected chi connectivity index (χ4v) is 7.63. The standard InChI is InChI=1S/C4H12O4Si2/c1-5-9(3)7-10(4,6-2)8-9/h1-4H3. The number of rotatable bonds is 2. The van der Waals surface area contributed by atoms with Crippen molar-refractivity contribution in [1.29, 1.82) is 0 Å². The van der Waals surface area contributed by atoms with Gasteiger partial charge in [0.05, 0.1) is 0 Å². The van der Waals surface area contributed by atoms with Crippen LogP contribution in [0.1, 0.15) is 0 Å². The first-order chi connectivity index (χ1) is 4.54. The van der Waals surface area contributed by atoms with Gasteiger partial charge in [0.25, 0.3) is 0 Å². The van der Waals surface area contributed by atoms with E-state index in [9.17, 15) is 0 Å². The molecule has 0 aliphatic carbocycles. The van der Waals surface area contributed by atoms with Crippen LogP contribution in [-0.2, 0) is 17.1 Å².